The molecule has 0 aliphatic heterocycles. The van der Waals surface area contributed by atoms with Crippen molar-refractivity contribution in [2.75, 3.05) is 0 Å². The number of hydrogen-bond donors (Lipinski definition) is 0. The van der Waals surface area contributed by atoms with Crippen LogP contribution in [0.25, 0.3) is 0 Å². The molecule has 63 valence electrons. The quantitative estimate of drug-likeness (QED) is 0.606. The summed E-state index contributed by atoms with van der Waals surface area (Å²) in [6.07, 6.45) is 0.667. The summed E-state index contributed by atoms with van der Waals surface area (Å²) in [7, 11) is 0.628. The SMILES string of the molecule is CC.CCC(C)=O.[I][V][I]. The van der Waals surface area contributed by atoms with Crippen LogP contribution in [-0.2, 0) is 14.3 Å². The fourth-order valence-corrected chi connectivity index (χ4v) is 0. The van der Waals surface area contributed by atoms with Crippen LogP contribution in [0.5, 0.6) is 0 Å². The minimum absolute atomic E-state index is 0.255. The fourth-order valence-electron chi connectivity index (χ4n) is 0. The number of carbonyl (C=O) groups is 1. The molecule has 0 aromatic carbocycles. The zero-order valence-corrected chi connectivity index (χ0v) is 12.5. The average Bonchev–Trinajstić information content (AvgIpc) is 1.94. The van der Waals surface area contributed by atoms with Crippen molar-refractivity contribution in [1.82, 2.24) is 0 Å². The molecule has 0 N–H and O–H groups in total. The Hall–Kier alpha value is 1.71. The van der Waals surface area contributed by atoms with Crippen LogP contribution in [0.4, 0.5) is 0 Å². The van der Waals surface area contributed by atoms with E-state index >= 15 is 0 Å². The summed E-state index contributed by atoms with van der Waals surface area (Å²) in [6, 6.07) is 0. The van der Waals surface area contributed by atoms with Gasteiger partial charge in [-0.25, -0.2) is 0 Å². The summed E-state index contributed by atoms with van der Waals surface area (Å²) >= 11 is 4.74. The third-order valence-corrected chi connectivity index (χ3v) is 0.498. The molecule has 0 aromatic rings. The molecule has 0 heterocycles. The fraction of sp³-hybridized carbons (Fsp3) is 0.833. The van der Waals surface area contributed by atoms with Gasteiger partial charge in [0.1, 0.15) is 5.78 Å². The number of hydrogen-bond acceptors (Lipinski definition) is 1. The van der Waals surface area contributed by atoms with Crippen molar-refractivity contribution in [2.24, 2.45) is 0 Å². The van der Waals surface area contributed by atoms with E-state index in [1.54, 1.807) is 6.92 Å². The van der Waals surface area contributed by atoms with Crippen molar-refractivity contribution in [3.8, 4) is 0 Å². The van der Waals surface area contributed by atoms with Gasteiger partial charge in [0.25, 0.3) is 0 Å². The molecule has 0 fully saturated rings. The predicted octanol–water partition coefficient (Wildman–Crippen LogP) is 3.78. The van der Waals surface area contributed by atoms with E-state index in [1.807, 2.05) is 20.8 Å². The summed E-state index contributed by atoms with van der Waals surface area (Å²) in [4.78, 5) is 9.81. The molecule has 0 aromatic heterocycles. The van der Waals surface area contributed by atoms with Gasteiger partial charge in [-0.2, -0.15) is 0 Å². The molecule has 0 rings (SSSR count). The van der Waals surface area contributed by atoms with Crippen molar-refractivity contribution in [3.05, 3.63) is 0 Å². The van der Waals surface area contributed by atoms with Crippen molar-refractivity contribution < 1.29 is 14.3 Å². The first-order valence-corrected chi connectivity index (χ1v) is 12.1. The molecule has 0 bridgehead atoms. The molecule has 0 atom stereocenters. The minimum atomic E-state index is 0.255. The molecule has 1 nitrogen and oxygen atoms in total. The van der Waals surface area contributed by atoms with E-state index < -0.39 is 0 Å². The summed E-state index contributed by atoms with van der Waals surface area (Å²) in [6.45, 7) is 7.43. The van der Waals surface area contributed by atoms with Gasteiger partial charge in [-0.3, -0.25) is 0 Å². The van der Waals surface area contributed by atoms with Gasteiger partial charge in [0, 0.05) is 6.42 Å². The van der Waals surface area contributed by atoms with Gasteiger partial charge >= 0.3 is 49.4 Å². The van der Waals surface area contributed by atoms with Gasteiger partial charge in [-0.1, -0.05) is 20.8 Å². The van der Waals surface area contributed by atoms with Crippen molar-refractivity contribution in [3.63, 3.8) is 0 Å². The van der Waals surface area contributed by atoms with Crippen LogP contribution < -0.4 is 0 Å². The molecule has 0 saturated carbocycles. The predicted molar refractivity (Wildman–Crippen MR) is 60.4 cm³/mol. The van der Waals surface area contributed by atoms with Crippen molar-refractivity contribution in [1.29, 1.82) is 0 Å². The molecule has 0 radical (unpaired) electrons. The summed E-state index contributed by atoms with van der Waals surface area (Å²) < 4.78 is 0. The maximum absolute atomic E-state index is 9.81. The molecular weight excluding hydrogens is 393 g/mol. The van der Waals surface area contributed by atoms with Crippen molar-refractivity contribution >= 4 is 45.7 Å². The van der Waals surface area contributed by atoms with E-state index in [-0.39, 0.29) is 5.78 Å². The molecule has 0 spiro atoms. The van der Waals surface area contributed by atoms with Crippen LogP contribution >= 0.6 is 40.0 Å². The molecule has 0 aliphatic carbocycles. The van der Waals surface area contributed by atoms with Gasteiger partial charge < -0.3 is 4.79 Å². The van der Waals surface area contributed by atoms with E-state index in [4.69, 9.17) is 0 Å². The molecule has 0 saturated heterocycles. The normalized spacial score (nSPS) is 5.80. The first-order chi connectivity index (χ1) is 4.68. The Bertz CT molecular complexity index is 59.7. The standard InChI is InChI=1S/C4H8O.C2H6.2HI.V/c1-3-4(2)5;1-2;;;/h3H2,1-2H3;1-2H3;2*1H;/q;;;;+2/p-2. The van der Waals surface area contributed by atoms with E-state index in [1.165, 1.54) is 0 Å². The van der Waals surface area contributed by atoms with Gasteiger partial charge in [0.2, 0.25) is 0 Å². The van der Waals surface area contributed by atoms with Crippen LogP contribution in [0.3, 0.4) is 0 Å². The monoisotopic (exact) mass is 407 g/mol. The van der Waals surface area contributed by atoms with E-state index in [0.29, 0.717) is 15.9 Å². The zero-order valence-electron chi connectivity index (χ0n) is 6.82. The molecule has 4 heteroatoms. The second-order valence-electron chi connectivity index (χ2n) is 1.12. The van der Waals surface area contributed by atoms with Gasteiger partial charge in [0.15, 0.2) is 0 Å². The van der Waals surface area contributed by atoms with Gasteiger partial charge in [0.05, 0.1) is 0 Å². The van der Waals surface area contributed by atoms with Crippen LogP contribution in [0.15, 0.2) is 0 Å². The Morgan fingerprint density at radius 2 is 1.50 bits per heavy atom. The second kappa shape index (κ2) is 22.4. The molecule has 0 amide bonds. The van der Waals surface area contributed by atoms with E-state index in [9.17, 15) is 4.79 Å². The topological polar surface area (TPSA) is 17.1 Å². The molecular formula is C6H14I2OV. The average molecular weight is 407 g/mol. The summed E-state index contributed by atoms with van der Waals surface area (Å²) in [5, 5.41) is 0. The Morgan fingerprint density at radius 3 is 1.50 bits per heavy atom. The van der Waals surface area contributed by atoms with Crippen LogP contribution in [-0.4, -0.2) is 5.78 Å². The van der Waals surface area contributed by atoms with Crippen LogP contribution in [0.1, 0.15) is 34.1 Å². The number of halogens is 2. The van der Waals surface area contributed by atoms with E-state index in [2.05, 4.69) is 40.0 Å². The molecule has 0 aliphatic rings. The first kappa shape index (κ1) is 17.7. The zero-order chi connectivity index (χ0) is 8.99. The Morgan fingerprint density at radius 1 is 1.40 bits per heavy atom. The number of rotatable bonds is 1. The Labute approximate surface area is 92.9 Å². The maximum atomic E-state index is 9.81. The van der Waals surface area contributed by atoms with E-state index in [0.717, 1.165) is 0 Å². The summed E-state index contributed by atoms with van der Waals surface area (Å²) in [5.41, 5.74) is 0. The van der Waals surface area contributed by atoms with Crippen molar-refractivity contribution in [2.45, 2.75) is 34.1 Å². The molecule has 0 unspecified atom stereocenters. The molecule has 10 heavy (non-hydrogen) atoms. The third-order valence-electron chi connectivity index (χ3n) is 0.498. The Kier molecular flexibility index (Phi) is 39.7. The van der Waals surface area contributed by atoms with Gasteiger partial charge in [-0.15, -0.1) is 0 Å². The second-order valence-corrected chi connectivity index (χ2v) is 12.9. The number of Topliss-reactive ketones (excluding diaryl/α,β-unsaturated/α-hetero) is 1. The number of ketones is 1. The Balaban J connectivity index is -0.0000000847. The van der Waals surface area contributed by atoms with Gasteiger partial charge in [-0.05, 0) is 6.92 Å². The number of carbonyl (C=O) groups excluding carboxylic acids is 1. The first-order valence-electron chi connectivity index (χ1n) is 3.10. The van der Waals surface area contributed by atoms with Crippen LogP contribution in [0.2, 0.25) is 0 Å². The van der Waals surface area contributed by atoms with Crippen LogP contribution in [0, 0.1) is 0 Å². The summed E-state index contributed by atoms with van der Waals surface area (Å²) in [5.74, 6) is 0.255. The third kappa shape index (κ3) is 53.5.